The van der Waals surface area contributed by atoms with Crippen LogP contribution in [0.2, 0.25) is 0 Å². The molecule has 2 N–H and O–H groups in total. The molecule has 0 fully saturated rings. The molecular weight excluding hydrogens is 258 g/mol. The zero-order valence-corrected chi connectivity index (χ0v) is 10.7. The molecule has 1 aromatic heterocycles. The van der Waals surface area contributed by atoms with Gasteiger partial charge in [0.2, 0.25) is 0 Å². The van der Waals surface area contributed by atoms with E-state index in [2.05, 4.69) is 9.97 Å². The fourth-order valence-corrected chi connectivity index (χ4v) is 2.55. The highest BCUT2D eigenvalue weighted by Gasteiger charge is 2.27. The molecule has 0 radical (unpaired) electrons. The number of rotatable bonds is 2. The summed E-state index contributed by atoms with van der Waals surface area (Å²) < 4.78 is 0. The molecule has 102 valence electrons. The van der Waals surface area contributed by atoms with Crippen LogP contribution in [0.1, 0.15) is 32.8 Å². The third kappa shape index (κ3) is 1.95. The lowest BCUT2D eigenvalue weighted by molar-refractivity contribution is 0.0695. The minimum atomic E-state index is -0.960. The molecule has 0 aliphatic carbocycles. The van der Waals surface area contributed by atoms with E-state index in [1.54, 1.807) is 23.1 Å². The van der Waals surface area contributed by atoms with Crippen molar-refractivity contribution in [3.8, 4) is 0 Å². The minimum Gasteiger partial charge on any atom is -0.478 e. The number of aromatic carboxylic acids is 1. The van der Waals surface area contributed by atoms with Gasteiger partial charge in [0.05, 0.1) is 18.1 Å². The summed E-state index contributed by atoms with van der Waals surface area (Å²) in [4.78, 5) is 31.9. The smallest absolute Gasteiger partial charge is 0.336 e. The monoisotopic (exact) mass is 271 g/mol. The Morgan fingerprint density at radius 1 is 1.35 bits per heavy atom. The molecule has 0 saturated carbocycles. The Balaban J connectivity index is 2.05. The fraction of sp³-hybridized carbons (Fsp3) is 0.214. The molecule has 2 heterocycles. The highest BCUT2D eigenvalue weighted by molar-refractivity contribution is 6.06. The SMILES string of the molecule is O=C(O)c1cccc2c1CCCN2C(=O)c1cnc[nH]1. The van der Waals surface area contributed by atoms with Gasteiger partial charge in [0.15, 0.2) is 0 Å². The predicted molar refractivity (Wildman–Crippen MR) is 72.0 cm³/mol. The lowest BCUT2D eigenvalue weighted by Crippen LogP contribution is -2.36. The van der Waals surface area contributed by atoms with E-state index >= 15 is 0 Å². The fourth-order valence-electron chi connectivity index (χ4n) is 2.55. The number of carbonyl (C=O) groups excluding carboxylic acids is 1. The van der Waals surface area contributed by atoms with Gasteiger partial charge in [0, 0.05) is 12.2 Å². The van der Waals surface area contributed by atoms with E-state index in [1.165, 1.54) is 12.5 Å². The van der Waals surface area contributed by atoms with Gasteiger partial charge in [-0.2, -0.15) is 0 Å². The molecule has 1 amide bonds. The molecule has 1 aliphatic rings. The number of benzene rings is 1. The molecule has 0 spiro atoms. The van der Waals surface area contributed by atoms with E-state index in [4.69, 9.17) is 0 Å². The van der Waals surface area contributed by atoms with Crippen LogP contribution in [-0.2, 0) is 6.42 Å². The van der Waals surface area contributed by atoms with Crippen LogP contribution in [0, 0.1) is 0 Å². The molecule has 0 atom stereocenters. The summed E-state index contributed by atoms with van der Waals surface area (Å²) >= 11 is 0. The van der Waals surface area contributed by atoms with Crippen LogP contribution in [0.25, 0.3) is 0 Å². The number of hydrogen-bond acceptors (Lipinski definition) is 3. The summed E-state index contributed by atoms with van der Waals surface area (Å²) in [6.45, 7) is 0.577. The van der Waals surface area contributed by atoms with E-state index in [1.807, 2.05) is 0 Å². The zero-order valence-electron chi connectivity index (χ0n) is 10.7. The van der Waals surface area contributed by atoms with Crippen LogP contribution in [-0.4, -0.2) is 33.5 Å². The number of anilines is 1. The van der Waals surface area contributed by atoms with E-state index in [0.717, 1.165) is 12.0 Å². The van der Waals surface area contributed by atoms with Crippen molar-refractivity contribution in [2.45, 2.75) is 12.8 Å². The molecule has 6 heteroatoms. The molecule has 2 aromatic rings. The van der Waals surface area contributed by atoms with Gasteiger partial charge in [0.25, 0.3) is 5.91 Å². The van der Waals surface area contributed by atoms with Crippen molar-refractivity contribution in [1.29, 1.82) is 0 Å². The first-order chi connectivity index (χ1) is 9.68. The van der Waals surface area contributed by atoms with Gasteiger partial charge < -0.3 is 15.0 Å². The van der Waals surface area contributed by atoms with Crippen molar-refractivity contribution < 1.29 is 14.7 Å². The maximum Gasteiger partial charge on any atom is 0.336 e. The average molecular weight is 271 g/mol. The van der Waals surface area contributed by atoms with Crippen LogP contribution >= 0.6 is 0 Å². The Bertz CT molecular complexity index is 664. The highest BCUT2D eigenvalue weighted by Crippen LogP contribution is 2.30. The highest BCUT2D eigenvalue weighted by atomic mass is 16.4. The molecule has 1 aliphatic heterocycles. The van der Waals surface area contributed by atoms with E-state index in [0.29, 0.717) is 24.3 Å². The molecule has 3 rings (SSSR count). The number of carbonyl (C=O) groups is 2. The van der Waals surface area contributed by atoms with Crippen molar-refractivity contribution in [3.63, 3.8) is 0 Å². The molecule has 1 aromatic carbocycles. The third-order valence-electron chi connectivity index (χ3n) is 3.45. The number of nitrogens with one attached hydrogen (secondary N) is 1. The number of aromatic amines is 1. The first-order valence-electron chi connectivity index (χ1n) is 6.34. The first kappa shape index (κ1) is 12.4. The first-order valence-corrected chi connectivity index (χ1v) is 6.34. The summed E-state index contributed by atoms with van der Waals surface area (Å²) in [5.74, 6) is -1.15. The number of carboxylic acids is 1. The van der Waals surface area contributed by atoms with Gasteiger partial charge in [-0.15, -0.1) is 0 Å². The number of aromatic nitrogens is 2. The lowest BCUT2D eigenvalue weighted by Gasteiger charge is -2.29. The Labute approximate surface area is 115 Å². The summed E-state index contributed by atoms with van der Waals surface area (Å²) in [5.41, 5.74) is 2.07. The number of fused-ring (bicyclic) bond motifs is 1. The van der Waals surface area contributed by atoms with Crippen molar-refractivity contribution >= 4 is 17.6 Å². The maximum atomic E-state index is 12.4. The second-order valence-corrected chi connectivity index (χ2v) is 4.63. The van der Waals surface area contributed by atoms with Gasteiger partial charge in [-0.3, -0.25) is 4.79 Å². The number of amides is 1. The normalized spacial score (nSPS) is 13.9. The standard InChI is InChI=1S/C14H13N3O3/c18-13(11-7-15-8-16-11)17-6-2-4-9-10(14(19)20)3-1-5-12(9)17/h1,3,5,7-8H,2,4,6H2,(H,15,16)(H,19,20). The van der Waals surface area contributed by atoms with Crippen LogP contribution in [0.15, 0.2) is 30.7 Å². The van der Waals surface area contributed by atoms with Crippen molar-refractivity contribution in [2.75, 3.05) is 11.4 Å². The van der Waals surface area contributed by atoms with Gasteiger partial charge in [0.1, 0.15) is 5.69 Å². The van der Waals surface area contributed by atoms with E-state index in [9.17, 15) is 14.7 Å². The zero-order chi connectivity index (χ0) is 14.1. The van der Waals surface area contributed by atoms with Gasteiger partial charge in [-0.25, -0.2) is 9.78 Å². The summed E-state index contributed by atoms with van der Waals surface area (Å²) in [6.07, 6.45) is 4.34. The largest absolute Gasteiger partial charge is 0.478 e. The summed E-state index contributed by atoms with van der Waals surface area (Å²) in [6, 6.07) is 5.03. The molecule has 6 nitrogen and oxygen atoms in total. The molecular formula is C14H13N3O3. The van der Waals surface area contributed by atoms with Gasteiger partial charge in [-0.05, 0) is 30.5 Å². The number of hydrogen-bond donors (Lipinski definition) is 2. The Kier molecular flexibility index (Phi) is 2.98. The molecule has 20 heavy (non-hydrogen) atoms. The maximum absolute atomic E-state index is 12.4. The number of imidazole rings is 1. The Morgan fingerprint density at radius 3 is 2.90 bits per heavy atom. The van der Waals surface area contributed by atoms with E-state index in [-0.39, 0.29) is 11.5 Å². The van der Waals surface area contributed by atoms with Crippen molar-refractivity contribution in [3.05, 3.63) is 47.5 Å². The molecule has 0 saturated heterocycles. The van der Waals surface area contributed by atoms with Crippen LogP contribution in [0.3, 0.4) is 0 Å². The average Bonchev–Trinajstić information content (AvgIpc) is 2.99. The molecule has 0 unspecified atom stereocenters. The number of carboxylic acid groups (broad SMARTS) is 1. The second kappa shape index (κ2) is 4.80. The lowest BCUT2D eigenvalue weighted by atomic mass is 9.96. The predicted octanol–water partition coefficient (Wildman–Crippen LogP) is 1.70. The number of H-pyrrole nitrogens is 1. The van der Waals surface area contributed by atoms with Crippen LogP contribution in [0.5, 0.6) is 0 Å². The Morgan fingerprint density at radius 2 is 2.20 bits per heavy atom. The Hall–Kier alpha value is -2.63. The molecule has 0 bridgehead atoms. The van der Waals surface area contributed by atoms with Crippen molar-refractivity contribution in [2.24, 2.45) is 0 Å². The second-order valence-electron chi connectivity index (χ2n) is 4.63. The van der Waals surface area contributed by atoms with Crippen LogP contribution in [0.4, 0.5) is 5.69 Å². The topological polar surface area (TPSA) is 86.3 Å². The summed E-state index contributed by atoms with van der Waals surface area (Å²) in [7, 11) is 0. The minimum absolute atomic E-state index is 0.189. The van der Waals surface area contributed by atoms with Crippen LogP contribution < -0.4 is 4.90 Å². The third-order valence-corrected chi connectivity index (χ3v) is 3.45. The van der Waals surface area contributed by atoms with E-state index < -0.39 is 5.97 Å². The van der Waals surface area contributed by atoms with Gasteiger partial charge >= 0.3 is 5.97 Å². The number of nitrogens with zero attached hydrogens (tertiary/aromatic N) is 2. The summed E-state index contributed by atoms with van der Waals surface area (Å²) in [5, 5.41) is 9.23. The quantitative estimate of drug-likeness (QED) is 0.870. The van der Waals surface area contributed by atoms with Gasteiger partial charge in [-0.1, -0.05) is 6.07 Å². The van der Waals surface area contributed by atoms with Crippen molar-refractivity contribution in [1.82, 2.24) is 9.97 Å².